The fourth-order valence-electron chi connectivity index (χ4n) is 3.42. The number of benzene rings is 2. The summed E-state index contributed by atoms with van der Waals surface area (Å²) in [6.45, 7) is 0.319. The Morgan fingerprint density at radius 3 is 2.45 bits per heavy atom. The third-order valence-electron chi connectivity index (χ3n) is 4.94. The van der Waals surface area contributed by atoms with Crippen LogP contribution < -0.4 is 4.74 Å². The summed E-state index contributed by atoms with van der Waals surface area (Å²) in [5.74, 6) is -1.01. The van der Waals surface area contributed by atoms with Gasteiger partial charge < -0.3 is 24.6 Å². The Labute approximate surface area is 180 Å². The van der Waals surface area contributed by atoms with E-state index in [4.69, 9.17) is 14.6 Å². The molecule has 2 N–H and O–H groups in total. The molecular weight excluding hydrogens is 398 g/mol. The van der Waals surface area contributed by atoms with Gasteiger partial charge in [-0.2, -0.15) is 0 Å². The van der Waals surface area contributed by atoms with Gasteiger partial charge in [-0.05, 0) is 29.3 Å². The number of allylic oxidation sites excluding steroid dienone is 1. The van der Waals surface area contributed by atoms with Crippen LogP contribution >= 0.6 is 0 Å². The Morgan fingerprint density at radius 2 is 1.81 bits per heavy atom. The molecule has 1 atom stereocenters. The zero-order chi connectivity index (χ0) is 22.2. The van der Waals surface area contributed by atoms with Crippen LogP contribution in [0.2, 0.25) is 0 Å². The van der Waals surface area contributed by atoms with Crippen molar-refractivity contribution in [2.75, 3.05) is 33.5 Å². The number of nitrogens with zero attached hydrogens (tertiary/aromatic N) is 1. The molecule has 2 aromatic carbocycles. The fraction of sp³-hybridized carbons (Fsp3) is 0.250. The molecule has 0 unspecified atom stereocenters. The molecule has 1 aliphatic heterocycles. The summed E-state index contributed by atoms with van der Waals surface area (Å²) in [5.41, 5.74) is 1.51. The molecule has 1 heterocycles. The van der Waals surface area contributed by atoms with E-state index in [0.29, 0.717) is 11.3 Å². The predicted octanol–water partition coefficient (Wildman–Crippen LogP) is 2.68. The van der Waals surface area contributed by atoms with Crippen molar-refractivity contribution in [3.8, 4) is 5.75 Å². The Morgan fingerprint density at radius 1 is 1.10 bits per heavy atom. The van der Waals surface area contributed by atoms with E-state index in [1.165, 1.54) is 11.0 Å². The molecule has 0 saturated heterocycles. The molecule has 1 amide bonds. The third-order valence-corrected chi connectivity index (χ3v) is 4.94. The summed E-state index contributed by atoms with van der Waals surface area (Å²) in [4.78, 5) is 27.2. The molecule has 1 aliphatic rings. The predicted molar refractivity (Wildman–Crippen MR) is 115 cm³/mol. The van der Waals surface area contributed by atoms with E-state index in [9.17, 15) is 14.7 Å². The number of hydrogen-bond acceptors (Lipinski definition) is 6. The number of hydrogen-bond donors (Lipinski definition) is 2. The zero-order valence-corrected chi connectivity index (χ0v) is 17.2. The second-order valence-corrected chi connectivity index (χ2v) is 6.88. The first-order valence-corrected chi connectivity index (χ1v) is 9.91. The van der Waals surface area contributed by atoms with Crippen LogP contribution in [0.3, 0.4) is 0 Å². The van der Waals surface area contributed by atoms with Gasteiger partial charge in [0.2, 0.25) is 0 Å². The van der Waals surface area contributed by atoms with E-state index in [2.05, 4.69) is 0 Å². The van der Waals surface area contributed by atoms with Crippen LogP contribution in [0.25, 0.3) is 6.08 Å². The van der Waals surface area contributed by atoms with E-state index >= 15 is 0 Å². The first-order chi connectivity index (χ1) is 15.1. The van der Waals surface area contributed by atoms with Crippen molar-refractivity contribution in [1.29, 1.82) is 0 Å². The van der Waals surface area contributed by atoms with Crippen LogP contribution in [-0.4, -0.2) is 60.3 Å². The van der Waals surface area contributed by atoms with Gasteiger partial charge in [0.15, 0.2) is 11.5 Å². The number of amides is 1. The highest BCUT2D eigenvalue weighted by Crippen LogP contribution is 2.38. The maximum absolute atomic E-state index is 13.0. The maximum atomic E-state index is 13.0. The fourth-order valence-corrected chi connectivity index (χ4v) is 3.42. The molecule has 0 aliphatic carbocycles. The van der Waals surface area contributed by atoms with Gasteiger partial charge >= 0.3 is 0 Å². The minimum Gasteiger partial charge on any atom is -0.503 e. The van der Waals surface area contributed by atoms with E-state index in [1.54, 1.807) is 37.5 Å². The smallest absolute Gasteiger partial charge is 0.290 e. The van der Waals surface area contributed by atoms with Crippen LogP contribution in [0, 0.1) is 0 Å². The van der Waals surface area contributed by atoms with Crippen LogP contribution in [0.5, 0.6) is 5.75 Å². The van der Waals surface area contributed by atoms with Crippen molar-refractivity contribution in [1.82, 2.24) is 4.90 Å². The molecule has 162 valence electrons. The van der Waals surface area contributed by atoms with Gasteiger partial charge in [-0.15, -0.1) is 0 Å². The van der Waals surface area contributed by atoms with Crippen LogP contribution in [0.15, 0.2) is 72.0 Å². The number of methoxy groups -OCH3 is 1. The molecule has 0 bridgehead atoms. The number of ketones is 1. The molecule has 0 radical (unpaired) electrons. The highest BCUT2D eigenvalue weighted by molar-refractivity contribution is 6.14. The molecular formula is C24H25NO6. The first kappa shape index (κ1) is 22.3. The van der Waals surface area contributed by atoms with Gasteiger partial charge in [0.05, 0.1) is 38.5 Å². The monoisotopic (exact) mass is 423 g/mol. The van der Waals surface area contributed by atoms with Crippen molar-refractivity contribution in [2.45, 2.75) is 6.04 Å². The van der Waals surface area contributed by atoms with Gasteiger partial charge in [-0.25, -0.2) is 0 Å². The van der Waals surface area contributed by atoms with Crippen molar-refractivity contribution < 1.29 is 29.3 Å². The average Bonchev–Trinajstić information content (AvgIpc) is 3.06. The molecule has 3 rings (SSSR count). The second kappa shape index (κ2) is 10.6. The van der Waals surface area contributed by atoms with E-state index in [0.717, 1.165) is 5.56 Å². The largest absolute Gasteiger partial charge is 0.503 e. The molecule has 0 saturated carbocycles. The summed E-state index contributed by atoms with van der Waals surface area (Å²) >= 11 is 0. The van der Waals surface area contributed by atoms with Crippen LogP contribution in [0.1, 0.15) is 17.2 Å². The van der Waals surface area contributed by atoms with Gasteiger partial charge in [0.25, 0.3) is 5.91 Å². The molecule has 0 fully saturated rings. The lowest BCUT2D eigenvalue weighted by atomic mass is 9.95. The van der Waals surface area contributed by atoms with Crippen molar-refractivity contribution in [3.63, 3.8) is 0 Å². The summed E-state index contributed by atoms with van der Waals surface area (Å²) in [6, 6.07) is 15.5. The maximum Gasteiger partial charge on any atom is 0.290 e. The lowest BCUT2D eigenvalue weighted by Crippen LogP contribution is -2.34. The molecule has 2 aromatic rings. The molecule has 0 spiro atoms. The molecule has 7 nitrogen and oxygen atoms in total. The van der Waals surface area contributed by atoms with Crippen molar-refractivity contribution in [3.05, 3.63) is 83.1 Å². The Kier molecular flexibility index (Phi) is 7.59. The van der Waals surface area contributed by atoms with Gasteiger partial charge in [-0.3, -0.25) is 9.59 Å². The highest BCUT2D eigenvalue weighted by atomic mass is 16.5. The lowest BCUT2D eigenvalue weighted by molar-refractivity contribution is -0.130. The normalized spacial score (nSPS) is 16.4. The SMILES string of the molecule is COc1ccc([C@@H]2C(C(=O)/C=C/c3ccccc3)=C(O)C(=O)N2CCOCCO)cc1. The summed E-state index contributed by atoms with van der Waals surface area (Å²) in [5, 5.41) is 19.4. The van der Waals surface area contributed by atoms with Gasteiger partial charge in [-0.1, -0.05) is 48.5 Å². The average molecular weight is 423 g/mol. The second-order valence-electron chi connectivity index (χ2n) is 6.88. The Balaban J connectivity index is 1.92. The number of carbonyl (C=O) groups excluding carboxylic acids is 2. The van der Waals surface area contributed by atoms with Crippen molar-refractivity contribution >= 4 is 17.8 Å². The molecule has 31 heavy (non-hydrogen) atoms. The molecule has 7 heteroatoms. The van der Waals surface area contributed by atoms with Crippen molar-refractivity contribution in [2.24, 2.45) is 0 Å². The first-order valence-electron chi connectivity index (χ1n) is 9.91. The van der Waals surface area contributed by atoms with E-state index in [-0.39, 0.29) is 31.9 Å². The summed E-state index contributed by atoms with van der Waals surface area (Å²) in [7, 11) is 1.55. The number of ether oxygens (including phenoxy) is 2. The zero-order valence-electron chi connectivity index (χ0n) is 17.2. The summed E-state index contributed by atoms with van der Waals surface area (Å²) < 4.78 is 10.5. The standard InChI is InChI=1S/C24H25NO6/c1-30-19-10-8-18(9-11-19)22-21(20(27)12-7-17-5-3-2-4-6-17)23(28)24(29)25(22)13-15-31-16-14-26/h2-12,22,26,28H,13-16H2,1H3/b12-7+/t22-/m1/s1. The third kappa shape index (κ3) is 5.20. The Hall–Kier alpha value is -3.42. The Bertz CT molecular complexity index is 965. The minimum atomic E-state index is -0.760. The summed E-state index contributed by atoms with van der Waals surface area (Å²) in [6.07, 6.45) is 3.00. The van der Waals surface area contributed by atoms with Gasteiger partial charge in [0.1, 0.15) is 5.75 Å². The lowest BCUT2D eigenvalue weighted by Gasteiger charge is -2.26. The minimum absolute atomic E-state index is 0.0181. The van der Waals surface area contributed by atoms with Crippen LogP contribution in [-0.2, 0) is 14.3 Å². The number of carbonyl (C=O) groups is 2. The quantitative estimate of drug-likeness (QED) is 0.451. The number of aliphatic hydroxyl groups excluding tert-OH is 2. The van der Waals surface area contributed by atoms with Crippen LogP contribution in [0.4, 0.5) is 0 Å². The number of rotatable bonds is 10. The van der Waals surface area contributed by atoms with E-state index < -0.39 is 23.5 Å². The van der Waals surface area contributed by atoms with E-state index in [1.807, 2.05) is 30.3 Å². The highest BCUT2D eigenvalue weighted by Gasteiger charge is 2.42. The topological polar surface area (TPSA) is 96.3 Å². The van der Waals surface area contributed by atoms with Gasteiger partial charge in [0, 0.05) is 6.54 Å². The number of aliphatic hydroxyl groups is 2. The molecule has 0 aromatic heterocycles.